The summed E-state index contributed by atoms with van der Waals surface area (Å²) < 4.78 is 10.8. The average molecular weight is 441 g/mol. The second kappa shape index (κ2) is 8.83. The molecule has 2 aromatic rings. The number of thiophene rings is 1. The maximum atomic E-state index is 12.8. The van der Waals surface area contributed by atoms with Gasteiger partial charge in [-0.25, -0.2) is 0 Å². The van der Waals surface area contributed by atoms with Gasteiger partial charge in [0.1, 0.15) is 5.00 Å². The number of rotatable bonds is 7. The number of methoxy groups -OCH3 is 1. The van der Waals surface area contributed by atoms with Gasteiger partial charge in [0.15, 0.2) is 10.4 Å². The van der Waals surface area contributed by atoms with Crippen LogP contribution >= 0.6 is 27.3 Å². The van der Waals surface area contributed by atoms with Crippen molar-refractivity contribution in [2.24, 2.45) is 0 Å². The molecule has 0 fully saturated rings. The smallest absolute Gasteiger partial charge is 0.292 e. The largest absolute Gasteiger partial charge is 0.444 e. The molecule has 0 aliphatic heterocycles. The summed E-state index contributed by atoms with van der Waals surface area (Å²) in [7, 11) is 1.64. The summed E-state index contributed by atoms with van der Waals surface area (Å²) in [5.74, 6) is -0.297. The van der Waals surface area contributed by atoms with E-state index in [-0.39, 0.29) is 17.6 Å². The summed E-state index contributed by atoms with van der Waals surface area (Å²) in [6.45, 7) is 1.13. The Hall–Kier alpha value is -1.64. The van der Waals surface area contributed by atoms with Gasteiger partial charge in [0.2, 0.25) is 0 Å². The second-order valence-corrected chi connectivity index (χ2v) is 7.96. The Morgan fingerprint density at radius 3 is 2.81 bits per heavy atom. The highest BCUT2D eigenvalue weighted by molar-refractivity contribution is 9.10. The number of hydrogen-bond acceptors (Lipinski definition) is 5. The molecule has 3 rings (SSSR count). The zero-order chi connectivity index (χ0) is 18.5. The van der Waals surface area contributed by atoms with Crippen molar-refractivity contribution in [1.29, 1.82) is 0 Å². The highest BCUT2D eigenvalue weighted by atomic mass is 79.9. The maximum Gasteiger partial charge on any atom is 0.292 e. The Kier molecular flexibility index (Phi) is 6.50. The molecular weight excluding hydrogens is 420 g/mol. The van der Waals surface area contributed by atoms with Crippen LogP contribution in [0.25, 0.3) is 0 Å². The quantitative estimate of drug-likeness (QED) is 0.637. The van der Waals surface area contributed by atoms with Crippen molar-refractivity contribution in [2.45, 2.75) is 32.1 Å². The standard InChI is InChI=1S/C18H21BrN2O4S/c1-24-10-4-9-20-17(23)15-11-5-2-3-6-13(11)26-18(15)21-16(22)12-7-8-14(19)25-12/h7-8H,2-6,9-10H2,1H3,(H,20,23)(H,21,22). The number of fused-ring (bicyclic) bond motifs is 1. The lowest BCUT2D eigenvalue weighted by atomic mass is 9.95. The normalized spacial score (nSPS) is 13.3. The second-order valence-electron chi connectivity index (χ2n) is 6.08. The van der Waals surface area contributed by atoms with E-state index in [0.717, 1.165) is 37.7 Å². The first-order valence-corrected chi connectivity index (χ1v) is 10.2. The third-order valence-corrected chi connectivity index (χ3v) is 5.87. The van der Waals surface area contributed by atoms with Crippen LogP contribution in [0.2, 0.25) is 0 Å². The Morgan fingerprint density at radius 1 is 1.27 bits per heavy atom. The molecular formula is C18H21BrN2O4S. The molecule has 2 heterocycles. The first-order valence-electron chi connectivity index (χ1n) is 8.58. The van der Waals surface area contributed by atoms with E-state index in [1.807, 2.05) is 0 Å². The van der Waals surface area contributed by atoms with E-state index in [2.05, 4.69) is 26.6 Å². The molecule has 0 saturated heterocycles. The number of anilines is 1. The first kappa shape index (κ1) is 19.1. The van der Waals surface area contributed by atoms with Crippen LogP contribution < -0.4 is 10.6 Å². The Morgan fingerprint density at radius 2 is 2.08 bits per heavy atom. The minimum atomic E-state index is -0.359. The predicted octanol–water partition coefficient (Wildman–Crippen LogP) is 4.00. The summed E-state index contributed by atoms with van der Waals surface area (Å²) in [6, 6.07) is 3.26. The van der Waals surface area contributed by atoms with Gasteiger partial charge < -0.3 is 19.8 Å². The minimum Gasteiger partial charge on any atom is -0.444 e. The SMILES string of the molecule is COCCCNC(=O)c1c(NC(=O)c2ccc(Br)o2)sc2c1CCCC2. The average Bonchev–Trinajstić information content (AvgIpc) is 3.21. The molecule has 2 amide bonds. The summed E-state index contributed by atoms with van der Waals surface area (Å²) in [5.41, 5.74) is 1.67. The first-order chi connectivity index (χ1) is 12.6. The molecule has 1 aliphatic rings. The van der Waals surface area contributed by atoms with Crippen LogP contribution in [-0.2, 0) is 17.6 Å². The fourth-order valence-electron chi connectivity index (χ4n) is 3.00. The summed E-state index contributed by atoms with van der Waals surface area (Å²) in [4.78, 5) is 26.4. The Bertz CT molecular complexity index is 799. The molecule has 0 bridgehead atoms. The van der Waals surface area contributed by atoms with Crippen LogP contribution in [0.15, 0.2) is 21.2 Å². The summed E-state index contributed by atoms with van der Waals surface area (Å²) >= 11 is 4.69. The third-order valence-electron chi connectivity index (χ3n) is 4.23. The highest BCUT2D eigenvalue weighted by Gasteiger charge is 2.26. The van der Waals surface area contributed by atoms with Crippen molar-refractivity contribution in [1.82, 2.24) is 5.32 Å². The van der Waals surface area contributed by atoms with Crippen molar-refractivity contribution in [3.63, 3.8) is 0 Å². The van der Waals surface area contributed by atoms with E-state index in [1.54, 1.807) is 19.2 Å². The monoisotopic (exact) mass is 440 g/mol. The van der Waals surface area contributed by atoms with E-state index in [9.17, 15) is 9.59 Å². The van der Waals surface area contributed by atoms with Gasteiger partial charge in [-0.05, 0) is 65.7 Å². The van der Waals surface area contributed by atoms with Gasteiger partial charge in [0, 0.05) is 25.1 Å². The van der Waals surface area contributed by atoms with Crippen LogP contribution in [-0.4, -0.2) is 32.1 Å². The number of aryl methyl sites for hydroxylation is 1. The fourth-order valence-corrected chi connectivity index (χ4v) is 4.59. The molecule has 26 heavy (non-hydrogen) atoms. The predicted molar refractivity (Wildman–Crippen MR) is 104 cm³/mol. The topological polar surface area (TPSA) is 80.6 Å². The third kappa shape index (κ3) is 4.36. The Balaban J connectivity index is 1.81. The highest BCUT2D eigenvalue weighted by Crippen LogP contribution is 2.38. The van der Waals surface area contributed by atoms with Gasteiger partial charge in [-0.1, -0.05) is 0 Å². The Labute approximate surface area is 164 Å². The number of halogens is 1. The summed E-state index contributed by atoms with van der Waals surface area (Å²) in [6.07, 6.45) is 4.74. The molecule has 0 atom stereocenters. The number of amides is 2. The molecule has 0 saturated carbocycles. The van der Waals surface area contributed by atoms with Gasteiger partial charge in [-0.2, -0.15) is 0 Å². The number of hydrogen-bond donors (Lipinski definition) is 2. The lowest BCUT2D eigenvalue weighted by Gasteiger charge is -2.13. The maximum absolute atomic E-state index is 12.8. The van der Waals surface area contributed by atoms with Crippen LogP contribution in [0.3, 0.4) is 0 Å². The number of nitrogens with one attached hydrogen (secondary N) is 2. The number of furan rings is 1. The van der Waals surface area contributed by atoms with Crippen LogP contribution in [0, 0.1) is 0 Å². The van der Waals surface area contributed by atoms with Crippen molar-refractivity contribution in [2.75, 3.05) is 25.6 Å². The van der Waals surface area contributed by atoms with Gasteiger partial charge in [0.25, 0.3) is 11.8 Å². The van der Waals surface area contributed by atoms with Crippen molar-refractivity contribution in [3.8, 4) is 0 Å². The van der Waals surface area contributed by atoms with E-state index in [1.165, 1.54) is 16.2 Å². The molecule has 2 aromatic heterocycles. The van der Waals surface area contributed by atoms with Gasteiger partial charge in [-0.3, -0.25) is 9.59 Å². The molecule has 0 spiro atoms. The molecule has 0 unspecified atom stereocenters. The molecule has 1 aliphatic carbocycles. The van der Waals surface area contributed by atoms with Crippen LogP contribution in [0.5, 0.6) is 0 Å². The van der Waals surface area contributed by atoms with Crippen LogP contribution in [0.1, 0.15) is 50.6 Å². The molecule has 8 heteroatoms. The molecule has 140 valence electrons. The van der Waals surface area contributed by atoms with Gasteiger partial charge >= 0.3 is 0 Å². The van der Waals surface area contributed by atoms with Gasteiger partial charge in [-0.15, -0.1) is 11.3 Å². The number of ether oxygens (including phenoxy) is 1. The van der Waals surface area contributed by atoms with E-state index in [4.69, 9.17) is 9.15 Å². The molecule has 2 N–H and O–H groups in total. The lowest BCUT2D eigenvalue weighted by molar-refractivity contribution is 0.0948. The fraction of sp³-hybridized carbons (Fsp3) is 0.444. The summed E-state index contributed by atoms with van der Waals surface area (Å²) in [5, 5.41) is 6.39. The lowest BCUT2D eigenvalue weighted by Crippen LogP contribution is -2.27. The molecule has 0 radical (unpaired) electrons. The number of carbonyl (C=O) groups is 2. The zero-order valence-electron chi connectivity index (χ0n) is 14.5. The van der Waals surface area contributed by atoms with E-state index >= 15 is 0 Å². The number of carbonyl (C=O) groups excluding carboxylic acids is 2. The molecule has 6 nitrogen and oxygen atoms in total. The van der Waals surface area contributed by atoms with E-state index < -0.39 is 0 Å². The van der Waals surface area contributed by atoms with E-state index in [0.29, 0.717) is 28.4 Å². The van der Waals surface area contributed by atoms with Crippen LogP contribution in [0.4, 0.5) is 5.00 Å². The minimum absolute atomic E-state index is 0.142. The zero-order valence-corrected chi connectivity index (χ0v) is 16.9. The van der Waals surface area contributed by atoms with Crippen molar-refractivity contribution in [3.05, 3.63) is 38.6 Å². The van der Waals surface area contributed by atoms with Crippen molar-refractivity contribution >= 4 is 44.1 Å². The van der Waals surface area contributed by atoms with Crippen molar-refractivity contribution < 1.29 is 18.7 Å². The molecule has 0 aromatic carbocycles. The van der Waals surface area contributed by atoms with Gasteiger partial charge in [0.05, 0.1) is 5.56 Å².